The van der Waals surface area contributed by atoms with Crippen LogP contribution in [0.3, 0.4) is 0 Å². The van der Waals surface area contributed by atoms with Crippen LogP contribution in [0.5, 0.6) is 0 Å². The molecule has 0 radical (unpaired) electrons. The summed E-state index contributed by atoms with van der Waals surface area (Å²) in [4.78, 5) is 0. The molecule has 1 aliphatic heterocycles. The molecule has 5 nitrogen and oxygen atoms in total. The van der Waals surface area contributed by atoms with Gasteiger partial charge >= 0.3 is 0 Å². The molecule has 15 heavy (non-hydrogen) atoms. The predicted octanol–water partition coefficient (Wildman–Crippen LogP) is 0.0440. The van der Waals surface area contributed by atoms with Crippen molar-refractivity contribution in [2.24, 2.45) is 5.73 Å². The molecule has 0 aliphatic carbocycles. The predicted molar refractivity (Wildman–Crippen MR) is 60.6 cm³/mol. The fraction of sp³-hybridized carbons (Fsp3) is 1.00. The van der Waals surface area contributed by atoms with E-state index in [1.807, 2.05) is 0 Å². The van der Waals surface area contributed by atoms with Crippen LogP contribution >= 0.6 is 0 Å². The van der Waals surface area contributed by atoms with Crippen LogP contribution in [0.1, 0.15) is 32.6 Å². The van der Waals surface area contributed by atoms with Crippen LogP contribution < -0.4 is 10.5 Å². The van der Waals surface area contributed by atoms with E-state index < -0.39 is 10.2 Å². The fourth-order valence-electron chi connectivity index (χ4n) is 1.66. The maximum Gasteiger partial charge on any atom is 0.279 e. The first-order valence-corrected chi connectivity index (χ1v) is 6.98. The Morgan fingerprint density at radius 3 is 2.27 bits per heavy atom. The zero-order valence-corrected chi connectivity index (χ0v) is 10.1. The second-order valence-corrected chi connectivity index (χ2v) is 5.78. The molecule has 0 amide bonds. The molecular formula is C9H21N3O2S. The van der Waals surface area contributed by atoms with E-state index in [1.54, 1.807) is 6.92 Å². The SMILES string of the molecule is C[C@H](CN)NS(=O)(=O)N1CCCCCC1. The van der Waals surface area contributed by atoms with E-state index in [1.165, 1.54) is 4.31 Å². The van der Waals surface area contributed by atoms with Crippen LogP contribution in [0.15, 0.2) is 0 Å². The molecular weight excluding hydrogens is 214 g/mol. The highest BCUT2D eigenvalue weighted by atomic mass is 32.2. The van der Waals surface area contributed by atoms with E-state index in [0.29, 0.717) is 19.6 Å². The minimum Gasteiger partial charge on any atom is -0.329 e. The minimum absolute atomic E-state index is 0.196. The number of nitrogens with two attached hydrogens (primary N) is 1. The second-order valence-electron chi connectivity index (χ2n) is 4.07. The van der Waals surface area contributed by atoms with Crippen LogP contribution in [-0.2, 0) is 10.2 Å². The highest BCUT2D eigenvalue weighted by molar-refractivity contribution is 7.87. The van der Waals surface area contributed by atoms with Gasteiger partial charge in [0.1, 0.15) is 0 Å². The largest absolute Gasteiger partial charge is 0.329 e. The Balaban J connectivity index is 2.58. The Kier molecular flexibility index (Phi) is 4.98. The van der Waals surface area contributed by atoms with E-state index in [0.717, 1.165) is 25.7 Å². The third-order valence-electron chi connectivity index (χ3n) is 2.61. The van der Waals surface area contributed by atoms with Gasteiger partial charge in [-0.1, -0.05) is 12.8 Å². The normalized spacial score (nSPS) is 22.3. The molecule has 1 aliphatic rings. The molecule has 0 saturated carbocycles. The molecule has 0 aromatic heterocycles. The Hall–Kier alpha value is -0.170. The van der Waals surface area contributed by atoms with Gasteiger partial charge in [0.2, 0.25) is 0 Å². The van der Waals surface area contributed by atoms with Crippen molar-refractivity contribution in [1.82, 2.24) is 9.03 Å². The van der Waals surface area contributed by atoms with E-state index in [4.69, 9.17) is 5.73 Å². The van der Waals surface area contributed by atoms with Gasteiger partial charge in [-0.25, -0.2) is 0 Å². The summed E-state index contributed by atoms with van der Waals surface area (Å²) in [7, 11) is -3.31. The van der Waals surface area contributed by atoms with Gasteiger partial charge in [0.25, 0.3) is 10.2 Å². The Morgan fingerprint density at radius 1 is 1.27 bits per heavy atom. The summed E-state index contributed by atoms with van der Waals surface area (Å²) in [6, 6.07) is -0.196. The van der Waals surface area contributed by atoms with Crippen LogP contribution in [0.4, 0.5) is 0 Å². The van der Waals surface area contributed by atoms with Crippen molar-refractivity contribution in [3.8, 4) is 0 Å². The lowest BCUT2D eigenvalue weighted by Gasteiger charge is -2.22. The molecule has 1 fully saturated rings. The van der Waals surface area contributed by atoms with E-state index in [2.05, 4.69) is 4.72 Å². The monoisotopic (exact) mass is 235 g/mol. The average molecular weight is 235 g/mol. The lowest BCUT2D eigenvalue weighted by Crippen LogP contribution is -2.47. The molecule has 0 spiro atoms. The first kappa shape index (κ1) is 12.9. The molecule has 0 aromatic carbocycles. The number of nitrogens with one attached hydrogen (secondary N) is 1. The van der Waals surface area contributed by atoms with E-state index in [-0.39, 0.29) is 6.04 Å². The summed E-state index contributed by atoms with van der Waals surface area (Å²) >= 11 is 0. The lowest BCUT2D eigenvalue weighted by atomic mass is 10.2. The number of hydrogen-bond acceptors (Lipinski definition) is 3. The van der Waals surface area contributed by atoms with Gasteiger partial charge in [0, 0.05) is 25.7 Å². The molecule has 1 atom stereocenters. The Bertz CT molecular complexity index is 271. The minimum atomic E-state index is -3.31. The Labute approximate surface area is 92.2 Å². The molecule has 0 aromatic rings. The summed E-state index contributed by atoms with van der Waals surface area (Å²) in [6.45, 7) is 3.36. The van der Waals surface area contributed by atoms with Crippen molar-refractivity contribution in [2.45, 2.75) is 38.6 Å². The number of rotatable bonds is 4. The van der Waals surface area contributed by atoms with Crippen LogP contribution in [0, 0.1) is 0 Å². The van der Waals surface area contributed by atoms with E-state index in [9.17, 15) is 8.42 Å². The molecule has 3 N–H and O–H groups in total. The molecule has 6 heteroatoms. The first-order chi connectivity index (χ1) is 7.06. The maximum atomic E-state index is 11.9. The molecule has 1 heterocycles. The topological polar surface area (TPSA) is 75.4 Å². The average Bonchev–Trinajstić information content (AvgIpc) is 2.45. The summed E-state index contributed by atoms with van der Waals surface area (Å²) in [5.74, 6) is 0. The fourth-order valence-corrected chi connectivity index (χ4v) is 3.15. The molecule has 1 rings (SSSR count). The van der Waals surface area contributed by atoms with Crippen LogP contribution in [0.2, 0.25) is 0 Å². The highest BCUT2D eigenvalue weighted by Gasteiger charge is 2.23. The molecule has 0 bridgehead atoms. The molecule has 90 valence electrons. The van der Waals surface area contributed by atoms with Crippen molar-refractivity contribution >= 4 is 10.2 Å². The molecule has 0 unspecified atom stereocenters. The smallest absolute Gasteiger partial charge is 0.279 e. The second kappa shape index (κ2) is 5.79. The van der Waals surface area contributed by atoms with Gasteiger partial charge in [-0.2, -0.15) is 17.4 Å². The quantitative estimate of drug-likeness (QED) is 0.722. The zero-order chi connectivity index (χ0) is 11.3. The van der Waals surface area contributed by atoms with Crippen LogP contribution in [0.25, 0.3) is 0 Å². The standard InChI is InChI=1S/C9H21N3O2S/c1-9(8-10)11-15(13,14)12-6-4-2-3-5-7-12/h9,11H,2-8,10H2,1H3/t9-/m1/s1. The highest BCUT2D eigenvalue weighted by Crippen LogP contribution is 2.12. The van der Waals surface area contributed by atoms with Crippen molar-refractivity contribution in [3.63, 3.8) is 0 Å². The number of nitrogens with zero attached hydrogens (tertiary/aromatic N) is 1. The van der Waals surface area contributed by atoms with Crippen LogP contribution in [-0.4, -0.2) is 38.4 Å². The van der Waals surface area contributed by atoms with Crippen molar-refractivity contribution in [3.05, 3.63) is 0 Å². The summed E-state index contributed by atoms with van der Waals surface area (Å²) in [6.07, 6.45) is 4.16. The number of hydrogen-bond donors (Lipinski definition) is 2. The zero-order valence-electron chi connectivity index (χ0n) is 9.28. The van der Waals surface area contributed by atoms with Gasteiger partial charge in [0.15, 0.2) is 0 Å². The van der Waals surface area contributed by atoms with Gasteiger partial charge in [-0.3, -0.25) is 0 Å². The third-order valence-corrected chi connectivity index (χ3v) is 4.35. The summed E-state index contributed by atoms with van der Waals surface area (Å²) in [5.41, 5.74) is 5.39. The molecule has 1 saturated heterocycles. The third kappa shape index (κ3) is 4.06. The van der Waals surface area contributed by atoms with Gasteiger partial charge < -0.3 is 5.73 Å². The van der Waals surface area contributed by atoms with Gasteiger partial charge in [-0.05, 0) is 19.8 Å². The lowest BCUT2D eigenvalue weighted by molar-refractivity contribution is 0.409. The first-order valence-electron chi connectivity index (χ1n) is 5.54. The summed E-state index contributed by atoms with van der Waals surface area (Å²) in [5, 5.41) is 0. The van der Waals surface area contributed by atoms with Crippen molar-refractivity contribution < 1.29 is 8.42 Å². The van der Waals surface area contributed by atoms with Gasteiger partial charge in [0.05, 0.1) is 0 Å². The maximum absolute atomic E-state index is 11.9. The van der Waals surface area contributed by atoms with Crippen molar-refractivity contribution in [2.75, 3.05) is 19.6 Å². The van der Waals surface area contributed by atoms with Gasteiger partial charge in [-0.15, -0.1) is 0 Å². The van der Waals surface area contributed by atoms with E-state index >= 15 is 0 Å². The van der Waals surface area contributed by atoms with Crippen molar-refractivity contribution in [1.29, 1.82) is 0 Å². The Morgan fingerprint density at radius 2 is 1.80 bits per heavy atom. The summed E-state index contributed by atoms with van der Waals surface area (Å²) < 4.78 is 27.8.